The number of halogens is 2. The summed E-state index contributed by atoms with van der Waals surface area (Å²) in [4.78, 5) is 4.60. The molecule has 0 radical (unpaired) electrons. The fourth-order valence-corrected chi connectivity index (χ4v) is 3.05. The second-order valence-corrected chi connectivity index (χ2v) is 6.91. The van der Waals surface area contributed by atoms with Gasteiger partial charge < -0.3 is 24.8 Å². The van der Waals surface area contributed by atoms with E-state index in [1.807, 2.05) is 6.92 Å². The van der Waals surface area contributed by atoms with Crippen molar-refractivity contribution in [1.29, 1.82) is 0 Å². The number of nitrogens with one attached hydrogen (secondary N) is 2. The van der Waals surface area contributed by atoms with Crippen LogP contribution in [-0.2, 0) is 14.2 Å². The van der Waals surface area contributed by atoms with E-state index in [0.717, 1.165) is 70.3 Å². The number of nitrogens with zero attached hydrogens (tertiary/aromatic N) is 1. The third-order valence-corrected chi connectivity index (χ3v) is 4.74. The second-order valence-electron chi connectivity index (χ2n) is 6.91. The van der Waals surface area contributed by atoms with Crippen molar-refractivity contribution in [2.45, 2.75) is 32.3 Å². The molecule has 2 N–H and O–H groups in total. The lowest BCUT2D eigenvalue weighted by Crippen LogP contribution is -2.38. The van der Waals surface area contributed by atoms with Gasteiger partial charge in [0.1, 0.15) is 11.9 Å². The molecule has 0 amide bonds. The maximum Gasteiger partial charge on any atom is 0.191 e. The number of aliphatic imine (C=N–C) groups is 1. The average Bonchev–Trinajstić information content (AvgIpc) is 2.72. The summed E-state index contributed by atoms with van der Waals surface area (Å²) in [5.41, 5.74) is 0.907. The number of guanidine groups is 1. The van der Waals surface area contributed by atoms with Gasteiger partial charge in [-0.05, 0) is 49.8 Å². The lowest BCUT2D eigenvalue weighted by atomic mass is 10.0. The molecule has 2 rings (SSSR count). The first kappa shape index (κ1) is 26.1. The van der Waals surface area contributed by atoms with Gasteiger partial charge in [-0.15, -0.1) is 24.0 Å². The minimum Gasteiger partial charge on any atom is -0.381 e. The zero-order valence-corrected chi connectivity index (χ0v) is 19.8. The molecule has 1 heterocycles. The Hall–Kier alpha value is -0.970. The lowest BCUT2D eigenvalue weighted by molar-refractivity contribution is 0.0203. The third-order valence-electron chi connectivity index (χ3n) is 4.74. The van der Waals surface area contributed by atoms with Crippen LogP contribution >= 0.6 is 24.0 Å². The molecule has 0 aliphatic carbocycles. The van der Waals surface area contributed by atoms with Crippen molar-refractivity contribution in [2.24, 2.45) is 10.9 Å². The highest BCUT2D eigenvalue weighted by atomic mass is 127. The number of ether oxygens (including phenoxy) is 3. The molecule has 1 aliphatic heterocycles. The summed E-state index contributed by atoms with van der Waals surface area (Å²) in [6, 6.07) is 6.34. The Morgan fingerprint density at radius 3 is 2.62 bits per heavy atom. The van der Waals surface area contributed by atoms with Crippen molar-refractivity contribution in [2.75, 3.05) is 53.2 Å². The van der Waals surface area contributed by atoms with E-state index < -0.39 is 0 Å². The molecule has 0 saturated carbocycles. The highest BCUT2D eigenvalue weighted by Crippen LogP contribution is 2.17. The van der Waals surface area contributed by atoms with Gasteiger partial charge in [-0.25, -0.2) is 4.39 Å². The van der Waals surface area contributed by atoms with Crippen LogP contribution in [0, 0.1) is 11.7 Å². The third kappa shape index (κ3) is 10.6. The standard InChI is InChI=1S/C21H34FN3O3.HI/c1-3-23-21(24-11-4-12-28-16-17-9-13-27-14-10-17)25-15-20(26-2)18-5-7-19(22)8-6-18;/h5-8,17,20H,3-4,9-16H2,1-2H3,(H2,23,24,25);1H. The van der Waals surface area contributed by atoms with Gasteiger partial charge in [-0.1, -0.05) is 12.1 Å². The van der Waals surface area contributed by atoms with E-state index in [1.54, 1.807) is 19.2 Å². The highest BCUT2D eigenvalue weighted by molar-refractivity contribution is 14.0. The molecule has 1 unspecified atom stereocenters. The molecule has 166 valence electrons. The minimum atomic E-state index is -0.254. The van der Waals surface area contributed by atoms with Crippen LogP contribution in [0.2, 0.25) is 0 Å². The summed E-state index contributed by atoms with van der Waals surface area (Å²) in [5, 5.41) is 6.56. The minimum absolute atomic E-state index is 0. The highest BCUT2D eigenvalue weighted by Gasteiger charge is 2.13. The molecule has 1 atom stereocenters. The van der Waals surface area contributed by atoms with Crippen molar-refractivity contribution in [1.82, 2.24) is 10.6 Å². The molecule has 0 spiro atoms. The first-order valence-corrected chi connectivity index (χ1v) is 10.2. The van der Waals surface area contributed by atoms with Gasteiger partial charge in [0.2, 0.25) is 0 Å². The van der Waals surface area contributed by atoms with Crippen molar-refractivity contribution in [3.05, 3.63) is 35.6 Å². The largest absolute Gasteiger partial charge is 0.381 e. The fraction of sp³-hybridized carbons (Fsp3) is 0.667. The number of hydrogen-bond acceptors (Lipinski definition) is 4. The van der Waals surface area contributed by atoms with E-state index in [1.165, 1.54) is 12.1 Å². The molecule has 6 nitrogen and oxygen atoms in total. The molecule has 1 fully saturated rings. The van der Waals surface area contributed by atoms with E-state index in [9.17, 15) is 4.39 Å². The van der Waals surface area contributed by atoms with Gasteiger partial charge in [0.05, 0.1) is 6.54 Å². The van der Waals surface area contributed by atoms with Crippen molar-refractivity contribution in [3.8, 4) is 0 Å². The Labute approximate surface area is 191 Å². The van der Waals surface area contributed by atoms with Crippen LogP contribution in [-0.4, -0.2) is 59.1 Å². The van der Waals surface area contributed by atoms with Gasteiger partial charge in [-0.3, -0.25) is 4.99 Å². The Kier molecular flexibility index (Phi) is 14.2. The SMILES string of the molecule is CCNC(=NCC(OC)c1ccc(F)cc1)NCCCOCC1CCOCC1.I. The Balaban J connectivity index is 0.00000420. The van der Waals surface area contributed by atoms with Crippen LogP contribution in [0.1, 0.15) is 37.9 Å². The number of benzene rings is 1. The average molecular weight is 523 g/mol. The van der Waals surface area contributed by atoms with E-state index in [4.69, 9.17) is 14.2 Å². The van der Waals surface area contributed by atoms with Crippen LogP contribution in [0.25, 0.3) is 0 Å². The van der Waals surface area contributed by atoms with Crippen LogP contribution in [0.4, 0.5) is 4.39 Å². The van der Waals surface area contributed by atoms with Gasteiger partial charge in [-0.2, -0.15) is 0 Å². The quantitative estimate of drug-likeness (QED) is 0.201. The van der Waals surface area contributed by atoms with Gasteiger partial charge in [0.15, 0.2) is 5.96 Å². The molecule has 0 bridgehead atoms. The van der Waals surface area contributed by atoms with E-state index in [0.29, 0.717) is 12.5 Å². The fourth-order valence-electron chi connectivity index (χ4n) is 3.05. The first-order chi connectivity index (χ1) is 13.7. The first-order valence-electron chi connectivity index (χ1n) is 10.2. The summed E-state index contributed by atoms with van der Waals surface area (Å²) >= 11 is 0. The van der Waals surface area contributed by atoms with Gasteiger partial charge in [0.25, 0.3) is 0 Å². The van der Waals surface area contributed by atoms with Gasteiger partial charge in [0, 0.05) is 46.6 Å². The Morgan fingerprint density at radius 1 is 1.24 bits per heavy atom. The molecular weight excluding hydrogens is 488 g/mol. The molecule has 1 saturated heterocycles. The molecular formula is C21H35FIN3O3. The van der Waals surface area contributed by atoms with Crippen molar-refractivity contribution in [3.63, 3.8) is 0 Å². The molecule has 1 aliphatic rings. The summed E-state index contributed by atoms with van der Waals surface area (Å²) < 4.78 is 29.8. The van der Waals surface area contributed by atoms with Crippen LogP contribution in [0.15, 0.2) is 29.3 Å². The predicted molar refractivity (Wildman–Crippen MR) is 125 cm³/mol. The summed E-state index contributed by atoms with van der Waals surface area (Å²) in [6.45, 7) is 7.33. The normalized spacial score (nSPS) is 16.2. The monoisotopic (exact) mass is 523 g/mol. The second kappa shape index (κ2) is 15.8. The van der Waals surface area contributed by atoms with Gasteiger partial charge >= 0.3 is 0 Å². The Bertz CT molecular complexity index is 569. The Morgan fingerprint density at radius 2 is 1.97 bits per heavy atom. The molecule has 1 aromatic rings. The topological polar surface area (TPSA) is 64.1 Å². The number of methoxy groups -OCH3 is 1. The molecule has 8 heteroatoms. The maximum absolute atomic E-state index is 13.1. The van der Waals surface area contributed by atoms with E-state index >= 15 is 0 Å². The van der Waals surface area contributed by atoms with E-state index in [-0.39, 0.29) is 35.9 Å². The summed E-state index contributed by atoms with van der Waals surface area (Å²) in [5.74, 6) is 1.13. The summed E-state index contributed by atoms with van der Waals surface area (Å²) in [7, 11) is 1.64. The lowest BCUT2D eigenvalue weighted by Gasteiger charge is -2.21. The molecule has 1 aromatic carbocycles. The number of hydrogen-bond donors (Lipinski definition) is 2. The van der Waals surface area contributed by atoms with Crippen molar-refractivity contribution < 1.29 is 18.6 Å². The van der Waals surface area contributed by atoms with Crippen LogP contribution < -0.4 is 10.6 Å². The number of rotatable bonds is 11. The molecule has 29 heavy (non-hydrogen) atoms. The predicted octanol–water partition coefficient (Wildman–Crippen LogP) is 3.52. The van der Waals surface area contributed by atoms with Crippen LogP contribution in [0.3, 0.4) is 0 Å². The summed E-state index contributed by atoms with van der Waals surface area (Å²) in [6.07, 6.45) is 2.91. The van der Waals surface area contributed by atoms with E-state index in [2.05, 4.69) is 15.6 Å². The van der Waals surface area contributed by atoms with Crippen LogP contribution in [0.5, 0.6) is 0 Å². The zero-order valence-electron chi connectivity index (χ0n) is 17.5. The smallest absolute Gasteiger partial charge is 0.191 e. The van der Waals surface area contributed by atoms with Crippen molar-refractivity contribution >= 4 is 29.9 Å². The zero-order chi connectivity index (χ0) is 20.0. The maximum atomic E-state index is 13.1. The molecule has 0 aromatic heterocycles.